The quantitative estimate of drug-likeness (QED) is 0.527. The van der Waals surface area contributed by atoms with Gasteiger partial charge in [0.15, 0.2) is 0 Å². The molecule has 1 rings (SSSR count). The zero-order valence-corrected chi connectivity index (χ0v) is 15.0. The Balaban J connectivity index is 2.80. The average Bonchev–Trinajstić information content (AvgIpc) is 2.30. The van der Waals surface area contributed by atoms with Crippen molar-refractivity contribution in [1.82, 2.24) is 0 Å². The molecule has 0 aliphatic heterocycles. The second-order valence-corrected chi connectivity index (χ2v) is 10.9. The van der Waals surface area contributed by atoms with Crippen molar-refractivity contribution in [2.75, 3.05) is 14.2 Å². The van der Waals surface area contributed by atoms with E-state index in [4.69, 9.17) is 8.85 Å². The SMILES string of the molecule is CO[Si](CC(C)C)(OC)C1CCCCCC(Br)C1. The van der Waals surface area contributed by atoms with Gasteiger partial charge < -0.3 is 8.85 Å². The summed E-state index contributed by atoms with van der Waals surface area (Å²) in [6.45, 7) is 4.54. The topological polar surface area (TPSA) is 18.5 Å². The minimum atomic E-state index is -2.03. The molecule has 1 aliphatic carbocycles. The van der Waals surface area contributed by atoms with Crippen LogP contribution in [-0.2, 0) is 8.85 Å². The van der Waals surface area contributed by atoms with Crippen LogP contribution in [0.4, 0.5) is 0 Å². The summed E-state index contributed by atoms with van der Waals surface area (Å²) in [5.74, 6) is 0.649. The lowest BCUT2D eigenvalue weighted by Gasteiger charge is -2.38. The molecule has 0 aromatic heterocycles. The highest BCUT2D eigenvalue weighted by Gasteiger charge is 2.45. The van der Waals surface area contributed by atoms with Gasteiger partial charge in [0.25, 0.3) is 0 Å². The van der Waals surface area contributed by atoms with Crippen LogP contribution in [0.15, 0.2) is 0 Å². The highest BCUT2D eigenvalue weighted by molar-refractivity contribution is 9.09. The first-order valence-corrected chi connectivity index (χ1v) is 10.3. The molecule has 0 bridgehead atoms. The number of alkyl halides is 1. The van der Waals surface area contributed by atoms with Gasteiger partial charge in [-0.1, -0.05) is 49.0 Å². The summed E-state index contributed by atoms with van der Waals surface area (Å²) in [6.07, 6.45) is 7.86. The molecule has 0 spiro atoms. The van der Waals surface area contributed by atoms with Crippen LogP contribution in [0.1, 0.15) is 52.4 Å². The Bertz CT molecular complexity index is 232. The van der Waals surface area contributed by atoms with Gasteiger partial charge in [0, 0.05) is 24.6 Å². The summed E-state index contributed by atoms with van der Waals surface area (Å²) in [4.78, 5) is 0.645. The van der Waals surface area contributed by atoms with E-state index >= 15 is 0 Å². The minimum Gasteiger partial charge on any atom is -0.397 e. The van der Waals surface area contributed by atoms with E-state index in [1.165, 1.54) is 38.5 Å². The lowest BCUT2D eigenvalue weighted by Crippen LogP contribution is -2.47. The molecule has 0 heterocycles. The summed E-state index contributed by atoms with van der Waals surface area (Å²) in [7, 11) is 1.69. The second kappa shape index (κ2) is 8.03. The van der Waals surface area contributed by atoms with Gasteiger partial charge in [-0.2, -0.15) is 0 Å². The number of rotatable bonds is 5. The van der Waals surface area contributed by atoms with E-state index in [0.717, 1.165) is 6.04 Å². The molecule has 0 radical (unpaired) electrons. The lowest BCUT2D eigenvalue weighted by atomic mass is 10.0. The highest BCUT2D eigenvalue weighted by atomic mass is 79.9. The second-order valence-electron chi connectivity index (χ2n) is 5.99. The molecule has 1 saturated carbocycles. The molecule has 0 saturated heterocycles. The van der Waals surface area contributed by atoms with E-state index < -0.39 is 8.56 Å². The first-order valence-electron chi connectivity index (χ1n) is 7.28. The van der Waals surface area contributed by atoms with Crippen LogP contribution in [0.3, 0.4) is 0 Å². The molecule has 0 amide bonds. The molecule has 1 aliphatic rings. The maximum Gasteiger partial charge on any atom is 0.341 e. The maximum atomic E-state index is 5.98. The van der Waals surface area contributed by atoms with E-state index in [0.29, 0.717) is 16.3 Å². The van der Waals surface area contributed by atoms with E-state index in [1.807, 2.05) is 14.2 Å². The third kappa shape index (κ3) is 4.62. The largest absolute Gasteiger partial charge is 0.397 e. The molecule has 2 nitrogen and oxygen atoms in total. The molecule has 0 N–H and O–H groups in total. The van der Waals surface area contributed by atoms with E-state index in [9.17, 15) is 0 Å². The molecule has 108 valence electrons. The predicted octanol–water partition coefficient (Wildman–Crippen LogP) is 4.87. The molecular formula is C14H29BrO2Si. The van der Waals surface area contributed by atoms with E-state index in [-0.39, 0.29) is 0 Å². The normalized spacial score (nSPS) is 27.0. The van der Waals surface area contributed by atoms with E-state index in [2.05, 4.69) is 29.8 Å². The zero-order chi connectivity index (χ0) is 13.6. The molecule has 0 aromatic carbocycles. The fourth-order valence-electron chi connectivity index (χ4n) is 3.20. The molecular weight excluding hydrogens is 308 g/mol. The Kier molecular flexibility index (Phi) is 7.43. The maximum absolute atomic E-state index is 5.98. The van der Waals surface area contributed by atoms with Gasteiger partial charge in [-0.3, -0.25) is 0 Å². The van der Waals surface area contributed by atoms with Crippen LogP contribution in [0.2, 0.25) is 11.6 Å². The average molecular weight is 337 g/mol. The van der Waals surface area contributed by atoms with Crippen LogP contribution in [0.25, 0.3) is 0 Å². The van der Waals surface area contributed by atoms with Crippen molar-refractivity contribution in [2.45, 2.75) is 68.8 Å². The smallest absolute Gasteiger partial charge is 0.341 e. The number of hydrogen-bond acceptors (Lipinski definition) is 2. The first kappa shape index (κ1) is 16.7. The monoisotopic (exact) mass is 336 g/mol. The Morgan fingerprint density at radius 3 is 2.28 bits per heavy atom. The molecule has 0 aromatic rings. The zero-order valence-electron chi connectivity index (χ0n) is 12.4. The molecule has 4 heteroatoms. The Labute approximate surface area is 122 Å². The van der Waals surface area contributed by atoms with Crippen LogP contribution < -0.4 is 0 Å². The Morgan fingerprint density at radius 2 is 1.72 bits per heavy atom. The molecule has 18 heavy (non-hydrogen) atoms. The van der Waals surface area contributed by atoms with Gasteiger partial charge in [0.1, 0.15) is 0 Å². The fourth-order valence-corrected chi connectivity index (χ4v) is 8.24. The third-order valence-electron chi connectivity index (χ3n) is 4.12. The van der Waals surface area contributed by atoms with Crippen molar-refractivity contribution >= 4 is 24.5 Å². The van der Waals surface area contributed by atoms with E-state index in [1.54, 1.807) is 0 Å². The van der Waals surface area contributed by atoms with Crippen molar-refractivity contribution in [3.8, 4) is 0 Å². The Morgan fingerprint density at radius 1 is 1.11 bits per heavy atom. The van der Waals surface area contributed by atoms with Crippen molar-refractivity contribution in [1.29, 1.82) is 0 Å². The van der Waals surface area contributed by atoms with Crippen LogP contribution in [-0.4, -0.2) is 27.6 Å². The van der Waals surface area contributed by atoms with Crippen molar-refractivity contribution in [3.05, 3.63) is 0 Å². The summed E-state index contributed by atoms with van der Waals surface area (Å²) < 4.78 is 12.0. The van der Waals surface area contributed by atoms with Gasteiger partial charge in [-0.25, -0.2) is 0 Å². The van der Waals surface area contributed by atoms with Gasteiger partial charge in [0.2, 0.25) is 0 Å². The summed E-state index contributed by atoms with van der Waals surface area (Å²) in [6, 6.07) is 1.12. The van der Waals surface area contributed by atoms with Crippen molar-refractivity contribution in [3.63, 3.8) is 0 Å². The van der Waals surface area contributed by atoms with Crippen molar-refractivity contribution in [2.24, 2.45) is 5.92 Å². The van der Waals surface area contributed by atoms with Crippen LogP contribution >= 0.6 is 15.9 Å². The summed E-state index contributed by atoms with van der Waals surface area (Å²) >= 11 is 3.84. The number of hydrogen-bond donors (Lipinski definition) is 0. The number of halogens is 1. The lowest BCUT2D eigenvalue weighted by molar-refractivity contribution is 0.215. The van der Waals surface area contributed by atoms with Gasteiger partial charge in [-0.05, 0) is 31.2 Å². The van der Waals surface area contributed by atoms with Crippen LogP contribution in [0.5, 0.6) is 0 Å². The van der Waals surface area contributed by atoms with Crippen molar-refractivity contribution < 1.29 is 8.85 Å². The first-order chi connectivity index (χ1) is 8.54. The predicted molar refractivity (Wildman–Crippen MR) is 83.6 cm³/mol. The third-order valence-corrected chi connectivity index (χ3v) is 9.48. The summed E-state index contributed by atoms with van der Waals surface area (Å²) in [5, 5.41) is 0. The fraction of sp³-hybridized carbons (Fsp3) is 1.00. The standard InChI is InChI=1S/C14H29BrO2Si/c1-12(2)11-18(16-3,17-4)14-9-7-5-6-8-13(15)10-14/h12-14H,5-11H2,1-4H3. The highest BCUT2D eigenvalue weighted by Crippen LogP contribution is 2.41. The molecule has 1 fully saturated rings. The molecule has 2 atom stereocenters. The van der Waals surface area contributed by atoms with Gasteiger partial charge in [-0.15, -0.1) is 0 Å². The van der Waals surface area contributed by atoms with Gasteiger partial charge >= 0.3 is 8.56 Å². The molecule has 2 unspecified atom stereocenters. The Hall–Kier alpha value is 0.617. The minimum absolute atomic E-state index is 0.638. The van der Waals surface area contributed by atoms with Gasteiger partial charge in [0.05, 0.1) is 0 Å². The summed E-state index contributed by atoms with van der Waals surface area (Å²) in [5.41, 5.74) is 0.638. The van der Waals surface area contributed by atoms with Crippen LogP contribution in [0, 0.1) is 5.92 Å².